The average molecular weight is 268 g/mol. The van der Waals surface area contributed by atoms with Gasteiger partial charge >= 0.3 is 0 Å². The summed E-state index contributed by atoms with van der Waals surface area (Å²) in [4.78, 5) is 11.5. The largest absolute Gasteiger partial charge is 0.330 e. The molecule has 0 saturated carbocycles. The molecule has 4 heteroatoms. The zero-order valence-corrected chi connectivity index (χ0v) is 11.6. The molecular formula is C16H20N4. The van der Waals surface area contributed by atoms with Crippen LogP contribution in [0.1, 0.15) is 22.6 Å². The van der Waals surface area contributed by atoms with E-state index in [1.807, 2.05) is 6.20 Å². The first-order chi connectivity index (χ1) is 9.85. The van der Waals surface area contributed by atoms with Gasteiger partial charge in [-0.2, -0.15) is 0 Å². The number of benzene rings is 1. The van der Waals surface area contributed by atoms with Crippen LogP contribution in [0.25, 0.3) is 0 Å². The average Bonchev–Trinajstić information content (AvgIpc) is 2.49. The second-order valence-corrected chi connectivity index (χ2v) is 5.24. The highest BCUT2D eigenvalue weighted by molar-refractivity contribution is 5.22. The molecule has 0 fully saturated rings. The molecule has 1 aromatic heterocycles. The van der Waals surface area contributed by atoms with Gasteiger partial charge in [0.1, 0.15) is 5.82 Å². The lowest BCUT2D eigenvalue weighted by molar-refractivity contribution is 0.242. The zero-order chi connectivity index (χ0) is 13.8. The summed E-state index contributed by atoms with van der Waals surface area (Å²) in [7, 11) is 0. The molecule has 0 amide bonds. The summed E-state index contributed by atoms with van der Waals surface area (Å²) < 4.78 is 0. The summed E-state index contributed by atoms with van der Waals surface area (Å²) >= 11 is 0. The summed E-state index contributed by atoms with van der Waals surface area (Å²) in [6.45, 7) is 3.60. The molecule has 4 nitrogen and oxygen atoms in total. The van der Waals surface area contributed by atoms with Gasteiger partial charge in [-0.05, 0) is 12.1 Å². The molecule has 1 aliphatic rings. The van der Waals surface area contributed by atoms with Crippen molar-refractivity contribution in [1.82, 2.24) is 14.9 Å². The molecule has 0 radical (unpaired) electrons. The Morgan fingerprint density at radius 2 is 2.05 bits per heavy atom. The van der Waals surface area contributed by atoms with E-state index in [9.17, 15) is 0 Å². The maximum Gasteiger partial charge on any atom is 0.129 e. The predicted octanol–water partition coefficient (Wildman–Crippen LogP) is 1.54. The van der Waals surface area contributed by atoms with E-state index in [0.717, 1.165) is 38.3 Å². The predicted molar refractivity (Wildman–Crippen MR) is 79.1 cm³/mol. The number of hydrogen-bond donors (Lipinski definition) is 1. The minimum atomic E-state index is 0.610. The quantitative estimate of drug-likeness (QED) is 0.914. The molecule has 2 aromatic rings. The monoisotopic (exact) mass is 268 g/mol. The van der Waals surface area contributed by atoms with E-state index >= 15 is 0 Å². The SMILES string of the molecule is NCCc1ncc2c(n1)CCN(Cc1ccccc1)C2. The second kappa shape index (κ2) is 6.11. The molecule has 0 aliphatic carbocycles. The van der Waals surface area contributed by atoms with E-state index in [0.29, 0.717) is 6.54 Å². The van der Waals surface area contributed by atoms with Gasteiger partial charge in [0.15, 0.2) is 0 Å². The Morgan fingerprint density at radius 1 is 1.20 bits per heavy atom. The highest BCUT2D eigenvalue weighted by atomic mass is 15.1. The second-order valence-electron chi connectivity index (χ2n) is 5.24. The van der Waals surface area contributed by atoms with Crippen LogP contribution in [0.4, 0.5) is 0 Å². The molecule has 1 aromatic carbocycles. The number of nitrogens with zero attached hydrogens (tertiary/aromatic N) is 3. The van der Waals surface area contributed by atoms with Crippen molar-refractivity contribution in [1.29, 1.82) is 0 Å². The van der Waals surface area contributed by atoms with Crippen LogP contribution in [0.3, 0.4) is 0 Å². The highest BCUT2D eigenvalue weighted by Gasteiger charge is 2.18. The summed E-state index contributed by atoms with van der Waals surface area (Å²) in [6.07, 6.45) is 3.74. The molecule has 20 heavy (non-hydrogen) atoms. The molecule has 0 unspecified atom stereocenters. The van der Waals surface area contributed by atoms with Crippen LogP contribution in [-0.4, -0.2) is 28.0 Å². The lowest BCUT2D eigenvalue weighted by Gasteiger charge is -2.28. The van der Waals surface area contributed by atoms with Crippen LogP contribution in [0, 0.1) is 0 Å². The Balaban J connectivity index is 1.69. The van der Waals surface area contributed by atoms with E-state index in [1.54, 1.807) is 0 Å². The summed E-state index contributed by atoms with van der Waals surface area (Å²) in [5.41, 5.74) is 9.37. The minimum absolute atomic E-state index is 0.610. The van der Waals surface area contributed by atoms with Gasteiger partial charge in [-0.1, -0.05) is 30.3 Å². The van der Waals surface area contributed by atoms with E-state index in [4.69, 9.17) is 5.73 Å². The number of fused-ring (bicyclic) bond motifs is 1. The third-order valence-corrected chi connectivity index (χ3v) is 3.68. The number of nitrogens with two attached hydrogens (primary N) is 1. The first-order valence-corrected chi connectivity index (χ1v) is 7.15. The molecule has 3 rings (SSSR count). The van der Waals surface area contributed by atoms with Gasteiger partial charge in [0.25, 0.3) is 0 Å². The van der Waals surface area contributed by atoms with Gasteiger partial charge in [0.05, 0.1) is 0 Å². The standard InChI is InChI=1S/C16H20N4/c17-8-6-16-18-10-14-12-20(9-7-15(14)19-16)11-13-4-2-1-3-5-13/h1-5,10H,6-9,11-12,17H2. The van der Waals surface area contributed by atoms with E-state index < -0.39 is 0 Å². The number of hydrogen-bond acceptors (Lipinski definition) is 4. The summed E-state index contributed by atoms with van der Waals surface area (Å²) in [6, 6.07) is 10.6. The molecular weight excluding hydrogens is 248 g/mol. The lowest BCUT2D eigenvalue weighted by Crippen LogP contribution is -2.31. The molecule has 0 spiro atoms. The smallest absolute Gasteiger partial charge is 0.129 e. The Hall–Kier alpha value is -1.78. The molecule has 0 saturated heterocycles. The first-order valence-electron chi connectivity index (χ1n) is 7.15. The van der Waals surface area contributed by atoms with Crippen LogP contribution in [0.15, 0.2) is 36.5 Å². The maximum atomic E-state index is 5.56. The normalized spacial score (nSPS) is 15.1. The third kappa shape index (κ3) is 3.03. The fraction of sp³-hybridized carbons (Fsp3) is 0.375. The van der Waals surface area contributed by atoms with Gasteiger partial charge in [0, 0.05) is 49.9 Å². The molecule has 0 bridgehead atoms. The zero-order valence-electron chi connectivity index (χ0n) is 11.6. The van der Waals surface area contributed by atoms with Crippen LogP contribution >= 0.6 is 0 Å². The van der Waals surface area contributed by atoms with Crippen molar-refractivity contribution in [2.24, 2.45) is 5.73 Å². The molecule has 2 N–H and O–H groups in total. The van der Waals surface area contributed by atoms with Crippen LogP contribution in [-0.2, 0) is 25.9 Å². The maximum absolute atomic E-state index is 5.56. The van der Waals surface area contributed by atoms with E-state index in [-0.39, 0.29) is 0 Å². The van der Waals surface area contributed by atoms with Crippen molar-refractivity contribution in [3.8, 4) is 0 Å². The van der Waals surface area contributed by atoms with Gasteiger partial charge in [-0.15, -0.1) is 0 Å². The van der Waals surface area contributed by atoms with Gasteiger partial charge in [-0.25, -0.2) is 9.97 Å². The van der Waals surface area contributed by atoms with E-state index in [2.05, 4.69) is 45.2 Å². The molecule has 1 aliphatic heterocycles. The van der Waals surface area contributed by atoms with Crippen molar-refractivity contribution in [2.75, 3.05) is 13.1 Å². The Kier molecular flexibility index (Phi) is 4.04. The van der Waals surface area contributed by atoms with Crippen LogP contribution in [0.2, 0.25) is 0 Å². The third-order valence-electron chi connectivity index (χ3n) is 3.68. The fourth-order valence-corrected chi connectivity index (χ4v) is 2.64. The van der Waals surface area contributed by atoms with Crippen molar-refractivity contribution in [3.63, 3.8) is 0 Å². The van der Waals surface area contributed by atoms with Crippen LogP contribution < -0.4 is 5.73 Å². The Bertz CT molecular complexity index is 568. The molecule has 0 atom stereocenters. The lowest BCUT2D eigenvalue weighted by atomic mass is 10.1. The van der Waals surface area contributed by atoms with Crippen molar-refractivity contribution in [3.05, 3.63) is 59.2 Å². The van der Waals surface area contributed by atoms with Gasteiger partial charge < -0.3 is 5.73 Å². The minimum Gasteiger partial charge on any atom is -0.330 e. The summed E-state index contributed by atoms with van der Waals surface area (Å²) in [5.74, 6) is 0.878. The Labute approximate surface area is 119 Å². The molecule has 104 valence electrons. The van der Waals surface area contributed by atoms with Crippen molar-refractivity contribution < 1.29 is 0 Å². The van der Waals surface area contributed by atoms with Crippen LogP contribution in [0.5, 0.6) is 0 Å². The van der Waals surface area contributed by atoms with Crippen molar-refractivity contribution >= 4 is 0 Å². The van der Waals surface area contributed by atoms with Gasteiger partial charge in [0.2, 0.25) is 0 Å². The number of aromatic nitrogens is 2. The van der Waals surface area contributed by atoms with Gasteiger partial charge in [-0.3, -0.25) is 4.90 Å². The van der Waals surface area contributed by atoms with Crippen molar-refractivity contribution in [2.45, 2.75) is 25.9 Å². The first kappa shape index (κ1) is 13.2. The topological polar surface area (TPSA) is 55.0 Å². The fourth-order valence-electron chi connectivity index (χ4n) is 2.64. The molecule has 2 heterocycles. The Morgan fingerprint density at radius 3 is 2.85 bits per heavy atom. The summed E-state index contributed by atoms with van der Waals surface area (Å²) in [5, 5.41) is 0. The highest BCUT2D eigenvalue weighted by Crippen LogP contribution is 2.18. The van der Waals surface area contributed by atoms with E-state index in [1.165, 1.54) is 16.8 Å². The number of rotatable bonds is 4.